The molecule has 3 N–H and O–H groups in total. The van der Waals surface area contributed by atoms with Crippen LogP contribution in [0.4, 0.5) is 4.79 Å². The average Bonchev–Trinajstić information content (AvgIpc) is 3.92. The lowest BCUT2D eigenvalue weighted by Crippen LogP contribution is -2.57. The van der Waals surface area contributed by atoms with Gasteiger partial charge in [0.15, 0.2) is 0 Å². The summed E-state index contributed by atoms with van der Waals surface area (Å²) in [5, 5.41) is 5.46. The van der Waals surface area contributed by atoms with Crippen LogP contribution in [0, 0.1) is 5.92 Å². The molecule has 250 valence electrons. The van der Waals surface area contributed by atoms with Crippen molar-refractivity contribution in [1.29, 1.82) is 0 Å². The summed E-state index contributed by atoms with van der Waals surface area (Å²) in [7, 11) is -3.84. The van der Waals surface area contributed by atoms with E-state index in [1.807, 2.05) is 12.1 Å². The van der Waals surface area contributed by atoms with Crippen LogP contribution in [0.25, 0.3) is 0 Å². The number of sulfonamides is 1. The van der Waals surface area contributed by atoms with Gasteiger partial charge in [0, 0.05) is 25.4 Å². The lowest BCUT2D eigenvalue weighted by molar-refractivity contribution is -0.140. The zero-order chi connectivity index (χ0) is 32.6. The summed E-state index contributed by atoms with van der Waals surface area (Å²) in [5.41, 5.74) is 2.07. The second-order valence-corrected chi connectivity index (χ2v) is 15.5. The van der Waals surface area contributed by atoms with Gasteiger partial charge in [-0.3, -0.25) is 24.0 Å². The van der Waals surface area contributed by atoms with E-state index in [0.717, 1.165) is 44.1 Å². The summed E-state index contributed by atoms with van der Waals surface area (Å²) < 4.78 is 33.2. The fourth-order valence-electron chi connectivity index (χ4n) is 7.09. The summed E-state index contributed by atoms with van der Waals surface area (Å²) in [6, 6.07) is 4.62. The highest BCUT2D eigenvalue weighted by molar-refractivity contribution is 7.91. The van der Waals surface area contributed by atoms with Crippen LogP contribution in [0.5, 0.6) is 0 Å². The van der Waals surface area contributed by atoms with Crippen molar-refractivity contribution in [3.8, 4) is 0 Å². The number of benzene rings is 1. The van der Waals surface area contributed by atoms with Crippen molar-refractivity contribution in [1.82, 2.24) is 25.2 Å². The number of hydrogen-bond donors (Lipinski definition) is 3. The second kappa shape index (κ2) is 13.0. The van der Waals surface area contributed by atoms with Crippen LogP contribution in [0.2, 0.25) is 0 Å². The molecule has 13 heteroatoms. The smallest absolute Gasteiger partial charge is 0.410 e. The van der Waals surface area contributed by atoms with E-state index >= 15 is 0 Å². The molecule has 3 aliphatic heterocycles. The molecule has 4 bridgehead atoms. The molecular weight excluding hydrogens is 610 g/mol. The summed E-state index contributed by atoms with van der Waals surface area (Å²) in [6.07, 6.45) is 7.72. The Kier molecular flexibility index (Phi) is 9.17. The van der Waals surface area contributed by atoms with Crippen LogP contribution < -0.4 is 15.4 Å². The number of carbonyl (C=O) groups excluding carboxylic acids is 4. The molecule has 5 aliphatic rings. The van der Waals surface area contributed by atoms with Gasteiger partial charge in [-0.1, -0.05) is 43.5 Å². The molecule has 2 saturated carbocycles. The predicted octanol–water partition coefficient (Wildman–Crippen LogP) is 2.26. The Morgan fingerprint density at radius 1 is 1.09 bits per heavy atom. The average molecular weight is 656 g/mol. The molecule has 6 rings (SSSR count). The van der Waals surface area contributed by atoms with Gasteiger partial charge in [-0.2, -0.15) is 0 Å². The van der Waals surface area contributed by atoms with Crippen molar-refractivity contribution in [2.24, 2.45) is 5.92 Å². The van der Waals surface area contributed by atoms with E-state index in [0.29, 0.717) is 32.5 Å². The quantitative estimate of drug-likeness (QED) is 0.395. The third-order valence-electron chi connectivity index (χ3n) is 10.1. The number of hydrogen-bond acceptors (Lipinski definition) is 8. The Balaban J connectivity index is 1.20. The molecule has 3 heterocycles. The molecule has 1 aromatic carbocycles. The third-order valence-corrected chi connectivity index (χ3v) is 12.0. The minimum Gasteiger partial charge on any atom is -0.444 e. The Morgan fingerprint density at radius 2 is 1.83 bits per heavy atom. The first kappa shape index (κ1) is 32.5. The molecule has 0 radical (unpaired) electrons. The Labute approximate surface area is 270 Å². The summed E-state index contributed by atoms with van der Waals surface area (Å²) in [4.78, 5) is 57.4. The Bertz CT molecular complexity index is 1510. The maximum Gasteiger partial charge on any atom is 0.410 e. The topological polar surface area (TPSA) is 154 Å². The molecular formula is C33H45N5O7S. The number of ether oxygens (including phenoxy) is 1. The lowest BCUT2D eigenvalue weighted by atomic mass is 9.98. The van der Waals surface area contributed by atoms with Gasteiger partial charge in [0.1, 0.15) is 17.7 Å². The minimum atomic E-state index is -3.84. The molecule has 0 aromatic heterocycles. The Morgan fingerprint density at radius 3 is 2.57 bits per heavy atom. The zero-order valence-electron chi connectivity index (χ0n) is 26.5. The number of carbonyl (C=O) groups is 4. The molecule has 1 unspecified atom stereocenters. The van der Waals surface area contributed by atoms with Crippen molar-refractivity contribution in [2.75, 3.05) is 13.1 Å². The number of aryl methyl sites for hydroxylation is 1. The highest BCUT2D eigenvalue weighted by Crippen LogP contribution is 2.45. The van der Waals surface area contributed by atoms with E-state index in [4.69, 9.17) is 4.74 Å². The van der Waals surface area contributed by atoms with Gasteiger partial charge in [0.05, 0.1) is 17.8 Å². The number of rotatable bonds is 6. The fraction of sp³-hybridized carbons (Fsp3) is 0.636. The number of fused-ring (bicyclic) bond motifs is 3. The molecule has 1 aromatic rings. The zero-order valence-corrected chi connectivity index (χ0v) is 27.3. The second-order valence-electron chi connectivity index (χ2n) is 13.5. The molecule has 5 atom stereocenters. The molecule has 46 heavy (non-hydrogen) atoms. The van der Waals surface area contributed by atoms with Crippen molar-refractivity contribution in [3.05, 3.63) is 47.5 Å². The molecule has 2 aliphatic carbocycles. The van der Waals surface area contributed by atoms with Gasteiger partial charge in [-0.15, -0.1) is 6.58 Å². The number of nitrogens with zero attached hydrogens (tertiary/aromatic N) is 2. The third kappa shape index (κ3) is 6.67. The number of amides is 4. The van der Waals surface area contributed by atoms with Gasteiger partial charge in [-0.25, -0.2) is 13.2 Å². The van der Waals surface area contributed by atoms with Crippen molar-refractivity contribution < 1.29 is 32.3 Å². The van der Waals surface area contributed by atoms with Crippen LogP contribution >= 0.6 is 0 Å². The fourth-order valence-corrected chi connectivity index (χ4v) is 8.46. The van der Waals surface area contributed by atoms with Gasteiger partial charge in [-0.05, 0) is 68.7 Å². The summed E-state index contributed by atoms with van der Waals surface area (Å²) in [5.74, 6) is -2.16. The van der Waals surface area contributed by atoms with E-state index in [1.54, 1.807) is 11.8 Å². The van der Waals surface area contributed by atoms with Gasteiger partial charge in [0.25, 0.3) is 5.91 Å². The van der Waals surface area contributed by atoms with E-state index in [9.17, 15) is 27.6 Å². The summed E-state index contributed by atoms with van der Waals surface area (Å²) >= 11 is 0. The van der Waals surface area contributed by atoms with Gasteiger partial charge < -0.3 is 20.3 Å². The van der Waals surface area contributed by atoms with E-state index < -0.39 is 62.8 Å². The van der Waals surface area contributed by atoms with Crippen LogP contribution in [0.1, 0.15) is 81.4 Å². The van der Waals surface area contributed by atoms with Crippen LogP contribution in [-0.2, 0) is 48.7 Å². The lowest BCUT2D eigenvalue weighted by Gasteiger charge is -2.28. The van der Waals surface area contributed by atoms with E-state index in [-0.39, 0.29) is 25.3 Å². The Hall–Kier alpha value is -3.45. The van der Waals surface area contributed by atoms with Crippen molar-refractivity contribution >= 4 is 33.8 Å². The van der Waals surface area contributed by atoms with Gasteiger partial charge in [0.2, 0.25) is 21.8 Å². The van der Waals surface area contributed by atoms with E-state index in [1.165, 1.54) is 22.1 Å². The first-order valence-corrected chi connectivity index (χ1v) is 18.2. The highest BCUT2D eigenvalue weighted by Gasteiger charge is 2.62. The van der Waals surface area contributed by atoms with Crippen LogP contribution in [0.15, 0.2) is 30.9 Å². The van der Waals surface area contributed by atoms with Crippen LogP contribution in [0.3, 0.4) is 0 Å². The first-order valence-electron chi connectivity index (χ1n) is 16.6. The highest BCUT2D eigenvalue weighted by atomic mass is 32.2. The van der Waals surface area contributed by atoms with Crippen molar-refractivity contribution in [3.63, 3.8) is 0 Å². The van der Waals surface area contributed by atoms with Crippen LogP contribution in [-0.4, -0.2) is 84.1 Å². The SMILES string of the molecule is C=C[C@@H]1C[C@]1(NC(=O)[C@@H]1CC2CN1C(=O)[C@H](C)NCCCCCCCc1cccc3c1CN(C3)C(=O)O2)C(=O)NS(=O)(=O)C1CC1. The predicted molar refractivity (Wildman–Crippen MR) is 170 cm³/mol. The van der Waals surface area contributed by atoms with Crippen molar-refractivity contribution in [2.45, 2.75) is 113 Å². The first-order chi connectivity index (χ1) is 22.0. The monoisotopic (exact) mass is 655 g/mol. The largest absolute Gasteiger partial charge is 0.444 e. The normalized spacial score (nSPS) is 30.5. The molecule has 1 saturated heterocycles. The molecule has 3 fully saturated rings. The molecule has 12 nitrogen and oxygen atoms in total. The maximum absolute atomic E-state index is 13.9. The number of nitrogens with one attached hydrogen (secondary N) is 3. The maximum atomic E-state index is 13.9. The standard InChI is InChI=1S/C33H45N5O7S/c1-3-24-17-33(24,31(41)36-46(43,44)26-13-14-26)35-29(39)28-16-25-19-38(28)30(40)21(2)34-15-8-6-4-5-7-10-22-11-9-12-23-18-37(20-27(22)23)32(42)45-25/h3,9,11-12,21,24-26,28,34H,1,4-8,10,13-20H2,2H3,(H,35,39)(H,36,41)/t21-,24+,25?,28-,33+/m0/s1. The summed E-state index contributed by atoms with van der Waals surface area (Å²) in [6.45, 7) is 7.08. The minimum absolute atomic E-state index is 0.0286. The molecule has 4 amide bonds. The van der Waals surface area contributed by atoms with E-state index in [2.05, 4.69) is 28.0 Å². The molecule has 0 spiro atoms. The van der Waals surface area contributed by atoms with Gasteiger partial charge >= 0.3 is 6.09 Å².